The van der Waals surface area contributed by atoms with Gasteiger partial charge in [0.15, 0.2) is 0 Å². The second-order valence-electron chi connectivity index (χ2n) is 7.05. The first kappa shape index (κ1) is 14.9. The van der Waals surface area contributed by atoms with Crippen LogP contribution in [0.15, 0.2) is 0 Å². The Kier molecular flexibility index (Phi) is 4.81. The van der Waals surface area contributed by atoms with Gasteiger partial charge in [-0.05, 0) is 31.6 Å². The molecule has 0 spiro atoms. The summed E-state index contributed by atoms with van der Waals surface area (Å²) in [5, 5.41) is 2.99. The highest BCUT2D eigenvalue weighted by molar-refractivity contribution is 5.95. The molecule has 0 aromatic rings. The second-order valence-corrected chi connectivity index (χ2v) is 7.05. The molecule has 1 saturated heterocycles. The van der Waals surface area contributed by atoms with Crippen LogP contribution < -0.4 is 5.32 Å². The van der Waals surface area contributed by atoms with E-state index in [0.717, 1.165) is 25.7 Å². The summed E-state index contributed by atoms with van der Waals surface area (Å²) >= 11 is 0. The highest BCUT2D eigenvalue weighted by Crippen LogP contribution is 2.30. The van der Waals surface area contributed by atoms with Crippen LogP contribution in [0.25, 0.3) is 0 Å². The molecule has 3 aliphatic rings. The molecule has 118 valence electrons. The van der Waals surface area contributed by atoms with E-state index in [-0.39, 0.29) is 24.4 Å². The van der Waals surface area contributed by atoms with Gasteiger partial charge in [0, 0.05) is 6.04 Å². The molecule has 4 heteroatoms. The predicted molar refractivity (Wildman–Crippen MR) is 81.7 cm³/mol. The molecule has 1 heterocycles. The summed E-state index contributed by atoms with van der Waals surface area (Å²) in [5.41, 5.74) is 0. The molecule has 0 aromatic carbocycles. The Hall–Kier alpha value is -1.06. The van der Waals surface area contributed by atoms with Crippen molar-refractivity contribution in [2.45, 2.75) is 82.7 Å². The third-order valence-electron chi connectivity index (χ3n) is 5.57. The number of piperazine rings is 1. The number of amides is 2. The van der Waals surface area contributed by atoms with E-state index in [1.54, 1.807) is 0 Å². The largest absolute Gasteiger partial charge is 0.342 e. The number of nitrogens with one attached hydrogen (secondary N) is 1. The van der Waals surface area contributed by atoms with Crippen LogP contribution in [-0.2, 0) is 9.59 Å². The van der Waals surface area contributed by atoms with E-state index in [4.69, 9.17) is 0 Å². The molecule has 3 rings (SSSR count). The average molecular weight is 292 g/mol. The summed E-state index contributed by atoms with van der Waals surface area (Å²) in [6, 6.07) is 0.0620. The maximum atomic E-state index is 12.9. The van der Waals surface area contributed by atoms with Crippen LogP contribution >= 0.6 is 0 Å². The van der Waals surface area contributed by atoms with Crippen molar-refractivity contribution in [3.05, 3.63) is 0 Å². The Balaban J connectivity index is 1.71. The van der Waals surface area contributed by atoms with Crippen molar-refractivity contribution in [3.63, 3.8) is 0 Å². The van der Waals surface area contributed by atoms with Gasteiger partial charge < -0.3 is 10.2 Å². The summed E-state index contributed by atoms with van der Waals surface area (Å²) in [5.74, 6) is 0.617. The summed E-state index contributed by atoms with van der Waals surface area (Å²) in [4.78, 5) is 26.9. The van der Waals surface area contributed by atoms with Crippen molar-refractivity contribution >= 4 is 11.8 Å². The topological polar surface area (TPSA) is 49.4 Å². The van der Waals surface area contributed by atoms with E-state index in [9.17, 15) is 9.59 Å². The van der Waals surface area contributed by atoms with Crippen molar-refractivity contribution in [2.24, 2.45) is 5.92 Å². The average Bonchev–Trinajstić information content (AvgIpc) is 2.79. The van der Waals surface area contributed by atoms with E-state index in [0.29, 0.717) is 12.0 Å². The molecule has 3 fully saturated rings. The molecule has 21 heavy (non-hydrogen) atoms. The van der Waals surface area contributed by atoms with Crippen LogP contribution in [0.3, 0.4) is 0 Å². The zero-order valence-corrected chi connectivity index (χ0v) is 13.0. The van der Waals surface area contributed by atoms with Gasteiger partial charge in [-0.25, -0.2) is 0 Å². The van der Waals surface area contributed by atoms with Gasteiger partial charge in [-0.1, -0.05) is 44.9 Å². The molecule has 0 bridgehead atoms. The monoisotopic (exact) mass is 292 g/mol. The van der Waals surface area contributed by atoms with E-state index in [1.807, 2.05) is 4.90 Å². The molecule has 1 atom stereocenters. The molecule has 1 aliphatic heterocycles. The van der Waals surface area contributed by atoms with Crippen molar-refractivity contribution in [1.29, 1.82) is 0 Å². The minimum atomic E-state index is -0.241. The molecular weight excluding hydrogens is 264 g/mol. The van der Waals surface area contributed by atoms with E-state index in [1.165, 1.54) is 44.9 Å². The minimum absolute atomic E-state index is 0.0504. The number of carbonyl (C=O) groups is 2. The Morgan fingerprint density at radius 2 is 1.38 bits per heavy atom. The number of carbonyl (C=O) groups excluding carboxylic acids is 2. The first-order valence-corrected chi connectivity index (χ1v) is 8.85. The maximum Gasteiger partial charge on any atom is 0.246 e. The zero-order valence-electron chi connectivity index (χ0n) is 13.0. The van der Waals surface area contributed by atoms with Gasteiger partial charge in [0.05, 0.1) is 6.54 Å². The van der Waals surface area contributed by atoms with Gasteiger partial charge in [0.1, 0.15) is 6.04 Å². The maximum absolute atomic E-state index is 12.9. The smallest absolute Gasteiger partial charge is 0.246 e. The molecule has 2 saturated carbocycles. The fraction of sp³-hybridized carbons (Fsp3) is 0.882. The molecule has 2 amide bonds. The first-order valence-electron chi connectivity index (χ1n) is 8.85. The van der Waals surface area contributed by atoms with Gasteiger partial charge in [-0.15, -0.1) is 0 Å². The van der Waals surface area contributed by atoms with Gasteiger partial charge in [-0.3, -0.25) is 9.59 Å². The molecule has 2 aliphatic carbocycles. The lowest BCUT2D eigenvalue weighted by Gasteiger charge is -2.41. The molecule has 0 aromatic heterocycles. The van der Waals surface area contributed by atoms with Gasteiger partial charge in [0.25, 0.3) is 0 Å². The highest BCUT2D eigenvalue weighted by atomic mass is 16.2. The molecular formula is C17H28N2O2. The van der Waals surface area contributed by atoms with Crippen molar-refractivity contribution in [2.75, 3.05) is 6.54 Å². The number of hydrogen-bond acceptors (Lipinski definition) is 2. The van der Waals surface area contributed by atoms with Crippen molar-refractivity contribution in [3.8, 4) is 0 Å². The molecule has 4 nitrogen and oxygen atoms in total. The third-order valence-corrected chi connectivity index (χ3v) is 5.57. The van der Waals surface area contributed by atoms with Gasteiger partial charge in [-0.2, -0.15) is 0 Å². The van der Waals surface area contributed by atoms with Gasteiger partial charge >= 0.3 is 0 Å². The highest BCUT2D eigenvalue weighted by Gasteiger charge is 2.40. The lowest BCUT2D eigenvalue weighted by atomic mass is 9.82. The Bertz CT molecular complexity index is 382. The first-order chi connectivity index (χ1) is 10.3. The van der Waals surface area contributed by atoms with Crippen molar-refractivity contribution in [1.82, 2.24) is 10.2 Å². The fourth-order valence-corrected chi connectivity index (χ4v) is 4.36. The summed E-state index contributed by atoms with van der Waals surface area (Å²) < 4.78 is 0. The predicted octanol–water partition coefficient (Wildman–Crippen LogP) is 2.62. The summed E-state index contributed by atoms with van der Waals surface area (Å²) in [6.45, 7) is 0.284. The van der Waals surface area contributed by atoms with Gasteiger partial charge in [0.2, 0.25) is 11.8 Å². The SMILES string of the molecule is O=C1CN(C2CCCCCC2)C(=O)C(C2CCCCC2)N1. The Morgan fingerprint density at radius 1 is 0.810 bits per heavy atom. The molecule has 1 N–H and O–H groups in total. The molecule has 1 unspecified atom stereocenters. The number of hydrogen-bond donors (Lipinski definition) is 1. The van der Waals surface area contributed by atoms with Crippen LogP contribution in [0.4, 0.5) is 0 Å². The van der Waals surface area contributed by atoms with E-state index >= 15 is 0 Å². The van der Waals surface area contributed by atoms with Crippen LogP contribution in [0, 0.1) is 5.92 Å². The number of nitrogens with zero attached hydrogens (tertiary/aromatic N) is 1. The summed E-state index contributed by atoms with van der Waals surface area (Å²) in [6.07, 6.45) is 13.0. The van der Waals surface area contributed by atoms with Crippen molar-refractivity contribution < 1.29 is 9.59 Å². The lowest BCUT2D eigenvalue weighted by Crippen LogP contribution is -2.62. The normalized spacial score (nSPS) is 30.1. The Labute approximate surface area is 127 Å². The second kappa shape index (κ2) is 6.80. The Morgan fingerprint density at radius 3 is 2.05 bits per heavy atom. The molecule has 0 radical (unpaired) electrons. The zero-order chi connectivity index (χ0) is 14.7. The van der Waals surface area contributed by atoms with Crippen LogP contribution in [0.2, 0.25) is 0 Å². The van der Waals surface area contributed by atoms with Crippen LogP contribution in [0.5, 0.6) is 0 Å². The van der Waals surface area contributed by atoms with Crippen LogP contribution in [0.1, 0.15) is 70.6 Å². The lowest BCUT2D eigenvalue weighted by molar-refractivity contribution is -0.149. The summed E-state index contributed by atoms with van der Waals surface area (Å²) in [7, 11) is 0. The fourth-order valence-electron chi connectivity index (χ4n) is 4.36. The minimum Gasteiger partial charge on any atom is -0.342 e. The quantitative estimate of drug-likeness (QED) is 0.795. The third kappa shape index (κ3) is 3.41. The van der Waals surface area contributed by atoms with E-state index < -0.39 is 0 Å². The van der Waals surface area contributed by atoms with Crippen LogP contribution in [-0.4, -0.2) is 35.3 Å². The number of rotatable bonds is 2. The van der Waals surface area contributed by atoms with E-state index in [2.05, 4.69) is 5.32 Å². The standard InChI is InChI=1S/C17H28N2O2/c20-15-12-19(14-10-6-1-2-7-11-14)17(21)16(18-15)13-8-4-3-5-9-13/h13-14,16H,1-12H2,(H,18,20).